The van der Waals surface area contributed by atoms with E-state index in [0.717, 1.165) is 33.0 Å². The summed E-state index contributed by atoms with van der Waals surface area (Å²) >= 11 is 4.29. The van der Waals surface area contributed by atoms with E-state index in [1.54, 1.807) is 24.3 Å². The summed E-state index contributed by atoms with van der Waals surface area (Å²) in [5, 5.41) is 2.60. The smallest absolute Gasteiger partial charge is 0.293 e. The number of carbonyl (C=O) groups excluding carboxylic acids is 3. The van der Waals surface area contributed by atoms with E-state index in [0.29, 0.717) is 28.6 Å². The predicted molar refractivity (Wildman–Crippen MR) is 158 cm³/mol. The van der Waals surface area contributed by atoms with Gasteiger partial charge in [0.15, 0.2) is 18.1 Å². The molecule has 7 nitrogen and oxygen atoms in total. The Morgan fingerprint density at radius 2 is 1.77 bits per heavy atom. The number of rotatable bonds is 10. The first kappa shape index (κ1) is 28.4. The first-order chi connectivity index (χ1) is 18.7. The lowest BCUT2D eigenvalue weighted by Crippen LogP contribution is -2.27. The maximum atomic E-state index is 13.0. The van der Waals surface area contributed by atoms with Crippen LogP contribution in [-0.4, -0.2) is 35.2 Å². The van der Waals surface area contributed by atoms with Crippen LogP contribution in [-0.2, 0) is 16.1 Å². The molecule has 0 spiro atoms. The zero-order chi connectivity index (χ0) is 27.9. The molecule has 1 heterocycles. The number of nitrogens with zero attached hydrogens (tertiary/aromatic N) is 1. The second-order valence-corrected chi connectivity index (χ2v) is 11.0. The molecule has 0 radical (unpaired) electrons. The number of para-hydroxylation sites is 1. The van der Waals surface area contributed by atoms with E-state index in [1.807, 2.05) is 55.5 Å². The maximum Gasteiger partial charge on any atom is 0.293 e. The van der Waals surface area contributed by atoms with Crippen molar-refractivity contribution < 1.29 is 23.9 Å². The van der Waals surface area contributed by atoms with Crippen LogP contribution in [0.25, 0.3) is 6.08 Å². The van der Waals surface area contributed by atoms with Crippen molar-refractivity contribution in [3.05, 3.63) is 92.8 Å². The summed E-state index contributed by atoms with van der Waals surface area (Å²) in [6.45, 7) is 6.38. The van der Waals surface area contributed by atoms with Crippen LogP contribution in [0.2, 0.25) is 0 Å². The molecule has 1 N–H and O–H groups in total. The van der Waals surface area contributed by atoms with Gasteiger partial charge in [-0.3, -0.25) is 19.3 Å². The Morgan fingerprint density at radius 1 is 1.03 bits per heavy atom. The summed E-state index contributed by atoms with van der Waals surface area (Å²) in [5.74, 6) is 0.487. The van der Waals surface area contributed by atoms with E-state index in [2.05, 4.69) is 35.1 Å². The van der Waals surface area contributed by atoms with Gasteiger partial charge in [-0.05, 0) is 77.7 Å². The molecule has 9 heteroatoms. The molecule has 0 aliphatic carbocycles. The second-order valence-electron chi connectivity index (χ2n) is 9.11. The van der Waals surface area contributed by atoms with Crippen LogP contribution in [0.3, 0.4) is 0 Å². The van der Waals surface area contributed by atoms with E-state index < -0.39 is 0 Å². The minimum absolute atomic E-state index is 0.194. The van der Waals surface area contributed by atoms with Crippen molar-refractivity contribution in [1.29, 1.82) is 0 Å². The summed E-state index contributed by atoms with van der Waals surface area (Å²) in [6, 6.07) is 20.3. The summed E-state index contributed by atoms with van der Waals surface area (Å²) in [5.41, 5.74) is 3.34. The van der Waals surface area contributed by atoms with Crippen LogP contribution in [0.4, 0.5) is 10.5 Å². The molecule has 0 unspecified atom stereocenters. The minimum atomic E-state index is -0.343. The third-order valence-corrected chi connectivity index (χ3v) is 7.34. The summed E-state index contributed by atoms with van der Waals surface area (Å²) < 4.78 is 12.5. The predicted octanol–water partition coefficient (Wildman–Crippen LogP) is 7.23. The van der Waals surface area contributed by atoms with Gasteiger partial charge >= 0.3 is 0 Å². The number of nitrogens with one attached hydrogen (secondary N) is 1. The molecule has 202 valence electrons. The van der Waals surface area contributed by atoms with Crippen molar-refractivity contribution in [3.8, 4) is 11.5 Å². The molecule has 39 heavy (non-hydrogen) atoms. The lowest BCUT2D eigenvalue weighted by molar-refractivity contribution is -0.123. The largest absolute Gasteiger partial charge is 0.490 e. The third-order valence-electron chi connectivity index (χ3n) is 5.91. The Bertz CT molecular complexity index is 1400. The zero-order valence-corrected chi connectivity index (χ0v) is 24.3. The van der Waals surface area contributed by atoms with Crippen molar-refractivity contribution in [2.24, 2.45) is 0 Å². The molecule has 4 rings (SSSR count). The van der Waals surface area contributed by atoms with Gasteiger partial charge in [-0.1, -0.05) is 66.2 Å². The van der Waals surface area contributed by atoms with Crippen molar-refractivity contribution in [2.45, 2.75) is 33.2 Å². The van der Waals surface area contributed by atoms with Gasteiger partial charge in [-0.25, -0.2) is 0 Å². The van der Waals surface area contributed by atoms with Gasteiger partial charge in [0, 0.05) is 10.2 Å². The summed E-state index contributed by atoms with van der Waals surface area (Å²) in [7, 11) is 0. The van der Waals surface area contributed by atoms with E-state index in [-0.39, 0.29) is 36.1 Å². The summed E-state index contributed by atoms with van der Waals surface area (Å²) in [6.07, 6.45) is 1.66. The van der Waals surface area contributed by atoms with Gasteiger partial charge < -0.3 is 14.8 Å². The van der Waals surface area contributed by atoms with Gasteiger partial charge in [-0.15, -0.1) is 0 Å². The van der Waals surface area contributed by atoms with Crippen LogP contribution >= 0.6 is 27.7 Å². The van der Waals surface area contributed by atoms with Crippen LogP contribution < -0.4 is 14.8 Å². The van der Waals surface area contributed by atoms with E-state index in [9.17, 15) is 14.4 Å². The molecule has 0 atom stereocenters. The average Bonchev–Trinajstić information content (AvgIpc) is 3.17. The molecule has 0 aromatic heterocycles. The minimum Gasteiger partial charge on any atom is -0.490 e. The fraction of sp³-hybridized carbons (Fsp3) is 0.233. The Morgan fingerprint density at radius 3 is 2.49 bits per heavy atom. The summed E-state index contributed by atoms with van der Waals surface area (Å²) in [4.78, 5) is 39.7. The molecule has 1 fully saturated rings. The molecule has 3 aromatic rings. The molecule has 1 saturated heterocycles. The highest BCUT2D eigenvalue weighted by Gasteiger charge is 2.35. The Balaban J connectivity index is 1.44. The third kappa shape index (κ3) is 7.30. The standard InChI is InChI=1S/C30H29BrN2O5S/c1-4-37-26-15-21(16-27-29(35)33(30(36)39-27)17-20-9-12-22(31)13-10-20)11-14-25(26)38-18-28(34)32-24-8-6-5-7-23(24)19(2)3/h5-16,19H,4,17-18H2,1-3H3,(H,32,34)/b27-16-. The number of halogens is 1. The number of thioether (sulfide) groups is 1. The van der Waals surface area contributed by atoms with Crippen molar-refractivity contribution in [3.63, 3.8) is 0 Å². The van der Waals surface area contributed by atoms with Crippen LogP contribution in [0.1, 0.15) is 43.4 Å². The van der Waals surface area contributed by atoms with Crippen LogP contribution in [0.15, 0.2) is 76.1 Å². The Kier molecular flexibility index (Phi) is 9.48. The molecular weight excluding hydrogens is 580 g/mol. The molecule has 0 bridgehead atoms. The van der Waals surface area contributed by atoms with Crippen LogP contribution in [0.5, 0.6) is 11.5 Å². The van der Waals surface area contributed by atoms with E-state index in [1.165, 1.54) is 4.90 Å². The first-order valence-corrected chi connectivity index (χ1v) is 14.1. The number of amides is 3. The quantitative estimate of drug-likeness (QED) is 0.244. The number of benzene rings is 3. The number of hydrogen-bond acceptors (Lipinski definition) is 6. The number of carbonyl (C=O) groups is 3. The molecular formula is C30H29BrN2O5S. The normalized spacial score (nSPS) is 14.3. The van der Waals surface area contributed by atoms with Crippen molar-refractivity contribution in [1.82, 2.24) is 4.90 Å². The maximum absolute atomic E-state index is 13.0. The Labute approximate surface area is 240 Å². The highest BCUT2D eigenvalue weighted by molar-refractivity contribution is 9.10. The average molecular weight is 610 g/mol. The van der Waals surface area contributed by atoms with Crippen molar-refractivity contribution >= 4 is 56.5 Å². The van der Waals surface area contributed by atoms with E-state index >= 15 is 0 Å². The lowest BCUT2D eigenvalue weighted by atomic mass is 10.0. The number of anilines is 1. The number of imide groups is 1. The SMILES string of the molecule is CCOc1cc(/C=C2\SC(=O)N(Cc3ccc(Br)cc3)C2=O)ccc1OCC(=O)Nc1ccccc1C(C)C. The highest BCUT2D eigenvalue weighted by atomic mass is 79.9. The van der Waals surface area contributed by atoms with Gasteiger partial charge in [-0.2, -0.15) is 0 Å². The van der Waals surface area contributed by atoms with Gasteiger partial charge in [0.1, 0.15) is 0 Å². The zero-order valence-electron chi connectivity index (χ0n) is 21.9. The number of ether oxygens (including phenoxy) is 2. The van der Waals surface area contributed by atoms with Gasteiger partial charge in [0.25, 0.3) is 17.1 Å². The topological polar surface area (TPSA) is 84.9 Å². The molecule has 0 saturated carbocycles. The Hall–Kier alpha value is -3.56. The molecule has 1 aliphatic heterocycles. The van der Waals surface area contributed by atoms with Crippen molar-refractivity contribution in [2.75, 3.05) is 18.5 Å². The fourth-order valence-electron chi connectivity index (χ4n) is 4.01. The van der Waals surface area contributed by atoms with Gasteiger partial charge in [0.05, 0.1) is 18.1 Å². The first-order valence-electron chi connectivity index (χ1n) is 12.5. The molecule has 3 aromatic carbocycles. The fourth-order valence-corrected chi connectivity index (χ4v) is 5.11. The highest BCUT2D eigenvalue weighted by Crippen LogP contribution is 2.35. The molecule has 1 aliphatic rings. The van der Waals surface area contributed by atoms with Gasteiger partial charge in [0.2, 0.25) is 0 Å². The second kappa shape index (κ2) is 13.0. The number of hydrogen-bond donors (Lipinski definition) is 1. The lowest BCUT2D eigenvalue weighted by Gasteiger charge is -2.15. The van der Waals surface area contributed by atoms with E-state index in [4.69, 9.17) is 9.47 Å². The van der Waals surface area contributed by atoms with Crippen LogP contribution in [0, 0.1) is 0 Å². The molecule has 3 amide bonds. The monoisotopic (exact) mass is 608 g/mol.